The first-order valence-corrected chi connectivity index (χ1v) is 7.35. The summed E-state index contributed by atoms with van der Waals surface area (Å²) >= 11 is 5.08. The summed E-state index contributed by atoms with van der Waals surface area (Å²) < 4.78 is 6.22. The molecule has 1 atom stereocenters. The van der Waals surface area contributed by atoms with Crippen molar-refractivity contribution in [1.29, 1.82) is 0 Å². The summed E-state index contributed by atoms with van der Waals surface area (Å²) in [5, 5.41) is 4.81. The number of halogens is 1. The van der Waals surface area contributed by atoms with Crippen molar-refractivity contribution in [1.82, 2.24) is 5.32 Å². The molecule has 0 saturated carbocycles. The van der Waals surface area contributed by atoms with Crippen LogP contribution in [0.5, 0.6) is 0 Å². The lowest BCUT2D eigenvalue weighted by molar-refractivity contribution is 0.0506. The summed E-state index contributed by atoms with van der Waals surface area (Å²) in [4.78, 5) is 12.7. The quantitative estimate of drug-likeness (QED) is 0.890. The number of hydrogen-bond donors (Lipinski definition) is 2. The number of ether oxygens (including phenoxy) is 1. The third-order valence-electron chi connectivity index (χ3n) is 2.17. The van der Waals surface area contributed by atoms with Gasteiger partial charge in [-0.25, -0.2) is 4.79 Å². The molecule has 1 amide bonds. The predicted octanol–water partition coefficient (Wildman–Crippen LogP) is 3.34. The molecule has 0 aromatic carbocycles. The van der Waals surface area contributed by atoms with E-state index in [2.05, 4.69) is 21.2 Å². The summed E-state index contributed by atoms with van der Waals surface area (Å²) in [7, 11) is 0. The average molecular weight is 335 g/mol. The first kappa shape index (κ1) is 15.5. The van der Waals surface area contributed by atoms with Crippen molar-refractivity contribution in [3.8, 4) is 0 Å². The highest BCUT2D eigenvalue weighted by Gasteiger charge is 2.22. The molecule has 102 valence electrons. The van der Waals surface area contributed by atoms with Gasteiger partial charge in [-0.05, 0) is 54.6 Å². The maximum Gasteiger partial charge on any atom is 0.408 e. The molecule has 6 heteroatoms. The van der Waals surface area contributed by atoms with Crippen LogP contribution in [0.15, 0.2) is 9.85 Å². The second kappa shape index (κ2) is 6.04. The van der Waals surface area contributed by atoms with Gasteiger partial charge in [-0.2, -0.15) is 0 Å². The van der Waals surface area contributed by atoms with Gasteiger partial charge in [0.2, 0.25) is 0 Å². The van der Waals surface area contributed by atoms with Gasteiger partial charge >= 0.3 is 6.09 Å². The van der Waals surface area contributed by atoms with Gasteiger partial charge in [-0.3, -0.25) is 0 Å². The molecule has 0 bridgehead atoms. The zero-order chi connectivity index (χ0) is 13.9. The van der Waals surface area contributed by atoms with Crippen LogP contribution in [-0.4, -0.2) is 18.2 Å². The molecule has 0 fully saturated rings. The standard InChI is InChI=1S/C12H19BrN2O2S/c1-7-6-18-10(9(7)13)8(5-14)15-11(16)17-12(2,3)4/h6,8H,5,14H2,1-4H3,(H,15,16). The van der Waals surface area contributed by atoms with Gasteiger partial charge in [0.05, 0.1) is 6.04 Å². The lowest BCUT2D eigenvalue weighted by Crippen LogP contribution is -2.37. The normalized spacial score (nSPS) is 13.2. The van der Waals surface area contributed by atoms with Crippen molar-refractivity contribution in [3.05, 3.63) is 20.3 Å². The van der Waals surface area contributed by atoms with E-state index < -0.39 is 11.7 Å². The highest BCUT2D eigenvalue weighted by Crippen LogP contribution is 2.32. The third-order valence-corrected chi connectivity index (χ3v) is 4.70. The van der Waals surface area contributed by atoms with Crippen LogP contribution in [0.1, 0.15) is 37.3 Å². The Hall–Kier alpha value is -0.590. The fraction of sp³-hybridized carbons (Fsp3) is 0.583. The number of amides is 1. The zero-order valence-electron chi connectivity index (χ0n) is 11.0. The van der Waals surface area contributed by atoms with E-state index in [4.69, 9.17) is 10.5 Å². The molecule has 1 aromatic rings. The van der Waals surface area contributed by atoms with Crippen LogP contribution < -0.4 is 11.1 Å². The van der Waals surface area contributed by atoms with Gasteiger partial charge in [0.1, 0.15) is 5.60 Å². The number of aryl methyl sites for hydroxylation is 1. The monoisotopic (exact) mass is 334 g/mol. The number of nitrogens with two attached hydrogens (primary N) is 1. The molecular weight excluding hydrogens is 316 g/mol. The van der Waals surface area contributed by atoms with Gasteiger partial charge in [0.25, 0.3) is 0 Å². The Morgan fingerprint density at radius 3 is 2.61 bits per heavy atom. The lowest BCUT2D eigenvalue weighted by atomic mass is 10.2. The number of carbonyl (C=O) groups is 1. The molecule has 1 unspecified atom stereocenters. The molecule has 1 rings (SSSR count). The Bertz CT molecular complexity index is 426. The Labute approximate surface area is 120 Å². The van der Waals surface area contributed by atoms with Crippen LogP contribution in [0.2, 0.25) is 0 Å². The highest BCUT2D eigenvalue weighted by atomic mass is 79.9. The highest BCUT2D eigenvalue weighted by molar-refractivity contribution is 9.10. The molecule has 1 heterocycles. The minimum atomic E-state index is -0.508. The average Bonchev–Trinajstić information content (AvgIpc) is 2.54. The second-order valence-electron chi connectivity index (χ2n) is 5.03. The molecule has 0 aliphatic heterocycles. The van der Waals surface area contributed by atoms with E-state index in [9.17, 15) is 4.79 Å². The van der Waals surface area contributed by atoms with Crippen LogP contribution >= 0.6 is 27.3 Å². The van der Waals surface area contributed by atoms with Gasteiger partial charge in [0.15, 0.2) is 0 Å². The number of hydrogen-bond acceptors (Lipinski definition) is 4. The topological polar surface area (TPSA) is 64.3 Å². The Kier molecular flexibility index (Phi) is 5.19. The van der Waals surface area contributed by atoms with E-state index in [-0.39, 0.29) is 6.04 Å². The van der Waals surface area contributed by atoms with Crippen LogP contribution in [-0.2, 0) is 4.74 Å². The van der Waals surface area contributed by atoms with Gasteiger partial charge in [0, 0.05) is 15.9 Å². The molecule has 0 aliphatic carbocycles. The molecule has 3 N–H and O–H groups in total. The Morgan fingerprint density at radius 1 is 1.61 bits per heavy atom. The van der Waals surface area contributed by atoms with Gasteiger partial charge < -0.3 is 15.8 Å². The summed E-state index contributed by atoms with van der Waals surface area (Å²) in [6, 6.07) is -0.229. The molecule has 0 saturated heterocycles. The van der Waals surface area contributed by atoms with Crippen molar-refractivity contribution in [2.45, 2.75) is 39.3 Å². The predicted molar refractivity (Wildman–Crippen MR) is 77.9 cm³/mol. The number of thiophene rings is 1. The lowest BCUT2D eigenvalue weighted by Gasteiger charge is -2.22. The minimum Gasteiger partial charge on any atom is -0.444 e. The molecular formula is C12H19BrN2O2S. The summed E-state index contributed by atoms with van der Waals surface area (Å²) in [6.45, 7) is 7.82. The molecule has 0 aliphatic rings. The Balaban J connectivity index is 2.74. The molecule has 4 nitrogen and oxygen atoms in total. The number of alkyl carbamates (subject to hydrolysis) is 1. The van der Waals surface area contributed by atoms with E-state index >= 15 is 0 Å². The third kappa shape index (κ3) is 4.26. The van der Waals surface area contributed by atoms with E-state index in [1.54, 1.807) is 11.3 Å². The minimum absolute atomic E-state index is 0.229. The zero-order valence-corrected chi connectivity index (χ0v) is 13.4. The van der Waals surface area contributed by atoms with Gasteiger partial charge in [-0.15, -0.1) is 11.3 Å². The smallest absolute Gasteiger partial charge is 0.408 e. The second-order valence-corrected chi connectivity index (χ2v) is 6.74. The summed E-state index contributed by atoms with van der Waals surface area (Å²) in [5.74, 6) is 0. The van der Waals surface area contributed by atoms with Crippen molar-refractivity contribution >= 4 is 33.4 Å². The van der Waals surface area contributed by atoms with Crippen molar-refractivity contribution in [2.75, 3.05) is 6.54 Å². The first-order chi connectivity index (χ1) is 8.24. The fourth-order valence-electron chi connectivity index (χ4n) is 1.37. The van der Waals surface area contributed by atoms with Crippen LogP contribution in [0, 0.1) is 6.92 Å². The van der Waals surface area contributed by atoms with E-state index in [1.807, 2.05) is 33.1 Å². The summed E-state index contributed by atoms with van der Waals surface area (Å²) in [5.41, 5.74) is 6.34. The van der Waals surface area contributed by atoms with Crippen molar-refractivity contribution in [3.63, 3.8) is 0 Å². The van der Waals surface area contributed by atoms with Crippen LogP contribution in [0.25, 0.3) is 0 Å². The molecule has 1 aromatic heterocycles. The van der Waals surface area contributed by atoms with Crippen LogP contribution in [0.3, 0.4) is 0 Å². The first-order valence-electron chi connectivity index (χ1n) is 5.67. The van der Waals surface area contributed by atoms with E-state index in [0.29, 0.717) is 6.54 Å². The number of rotatable bonds is 3. The number of carbonyl (C=O) groups excluding carboxylic acids is 1. The molecule has 0 radical (unpaired) electrons. The van der Waals surface area contributed by atoms with Crippen LogP contribution in [0.4, 0.5) is 4.79 Å². The summed E-state index contributed by atoms with van der Waals surface area (Å²) in [6.07, 6.45) is -0.448. The maximum absolute atomic E-state index is 11.7. The van der Waals surface area contributed by atoms with E-state index in [1.165, 1.54) is 0 Å². The van der Waals surface area contributed by atoms with Crippen molar-refractivity contribution < 1.29 is 9.53 Å². The van der Waals surface area contributed by atoms with E-state index in [0.717, 1.165) is 14.9 Å². The van der Waals surface area contributed by atoms with Crippen molar-refractivity contribution in [2.24, 2.45) is 5.73 Å². The SMILES string of the molecule is Cc1csc(C(CN)NC(=O)OC(C)(C)C)c1Br. The maximum atomic E-state index is 11.7. The fourth-order valence-corrected chi connectivity index (χ4v) is 3.19. The molecule has 18 heavy (non-hydrogen) atoms. The number of nitrogens with one attached hydrogen (secondary N) is 1. The molecule has 0 spiro atoms. The Morgan fingerprint density at radius 2 is 2.22 bits per heavy atom. The van der Waals surface area contributed by atoms with Gasteiger partial charge in [-0.1, -0.05) is 0 Å². The largest absolute Gasteiger partial charge is 0.444 e.